The number of carboxylic acid groups (broad SMARTS) is 1. The van der Waals surface area contributed by atoms with Crippen LogP contribution < -0.4 is 10.9 Å². The smallest absolute Gasteiger partial charge is 0.326 e. The van der Waals surface area contributed by atoms with Crippen LogP contribution in [0.25, 0.3) is 10.9 Å². The summed E-state index contributed by atoms with van der Waals surface area (Å²) in [6.07, 6.45) is -0.0148. The van der Waals surface area contributed by atoms with Crippen LogP contribution in [0.3, 0.4) is 0 Å². The summed E-state index contributed by atoms with van der Waals surface area (Å²) < 4.78 is 0. The second-order valence-corrected chi connectivity index (χ2v) is 6.22. The minimum absolute atomic E-state index is 0. The fraction of sp³-hybridized carbons (Fsp3) is 0.105. The predicted octanol–water partition coefficient (Wildman–Crippen LogP) is 1.78. The van der Waals surface area contributed by atoms with Crippen LogP contribution in [0.15, 0.2) is 59.4 Å². The number of carbonyl (C=O) groups excluding carboxylic acids is 1. The number of fused-ring (bicyclic) bond motifs is 1. The third kappa shape index (κ3) is 4.72. The van der Waals surface area contributed by atoms with Gasteiger partial charge in [0.15, 0.2) is 0 Å². The van der Waals surface area contributed by atoms with Gasteiger partial charge in [-0.25, -0.2) is 4.79 Å². The Morgan fingerprint density at radius 3 is 2.44 bits per heavy atom. The van der Waals surface area contributed by atoms with E-state index in [0.29, 0.717) is 21.7 Å². The summed E-state index contributed by atoms with van der Waals surface area (Å²) in [6, 6.07) is 13.4. The number of halogens is 1. The Labute approximate surface area is 158 Å². The molecule has 1 atom stereocenters. The van der Waals surface area contributed by atoms with E-state index in [-0.39, 0.29) is 17.5 Å². The van der Waals surface area contributed by atoms with E-state index in [1.54, 1.807) is 36.4 Å². The van der Waals surface area contributed by atoms with Crippen LogP contribution in [-0.2, 0) is 11.2 Å². The van der Waals surface area contributed by atoms with Crippen LogP contribution in [0.2, 0.25) is 5.02 Å². The number of benzene rings is 2. The van der Waals surface area contributed by atoms with Crippen LogP contribution in [0, 0.1) is 0 Å². The molecule has 0 aliphatic rings. The number of aromatic amines is 1. The normalized spacial score (nSPS) is 11.4. The second-order valence-electron chi connectivity index (χ2n) is 5.78. The van der Waals surface area contributed by atoms with Crippen molar-refractivity contribution in [2.24, 2.45) is 0 Å². The van der Waals surface area contributed by atoms with Gasteiger partial charge < -0.3 is 20.9 Å². The highest BCUT2D eigenvalue weighted by atomic mass is 35.5. The molecule has 8 heteroatoms. The third-order valence-electron chi connectivity index (χ3n) is 3.97. The summed E-state index contributed by atoms with van der Waals surface area (Å²) in [7, 11) is 0. The first kappa shape index (κ1) is 20.2. The van der Waals surface area contributed by atoms with E-state index in [4.69, 9.17) is 11.6 Å². The molecule has 2 aromatic carbocycles. The number of amides is 1. The molecule has 0 aliphatic heterocycles. The van der Waals surface area contributed by atoms with Crippen molar-refractivity contribution in [2.45, 2.75) is 12.5 Å². The van der Waals surface area contributed by atoms with Gasteiger partial charge in [0.2, 0.25) is 5.56 Å². The Balaban J connectivity index is 0.00000261. The SMILES string of the molecule is O.O=C(NC(Cc1cc(=O)[nH]c2ccccc12)C(=O)O)c1ccc(Cl)cc1. The Kier molecular flexibility index (Phi) is 6.33. The van der Waals surface area contributed by atoms with Crippen molar-refractivity contribution < 1.29 is 20.2 Å². The number of pyridine rings is 1. The molecule has 0 fully saturated rings. The zero-order chi connectivity index (χ0) is 18.7. The van der Waals surface area contributed by atoms with E-state index in [1.807, 2.05) is 0 Å². The van der Waals surface area contributed by atoms with Crippen LogP contribution in [0.5, 0.6) is 0 Å². The van der Waals surface area contributed by atoms with Crippen molar-refractivity contribution in [3.05, 3.63) is 81.1 Å². The van der Waals surface area contributed by atoms with E-state index in [1.165, 1.54) is 18.2 Å². The lowest BCUT2D eigenvalue weighted by atomic mass is 10.0. The first-order valence-electron chi connectivity index (χ1n) is 7.84. The first-order valence-corrected chi connectivity index (χ1v) is 8.22. The second kappa shape index (κ2) is 8.48. The Bertz CT molecular complexity index is 1030. The summed E-state index contributed by atoms with van der Waals surface area (Å²) >= 11 is 5.79. The Morgan fingerprint density at radius 1 is 1.11 bits per heavy atom. The number of carboxylic acids is 1. The number of para-hydroxylation sites is 1. The molecule has 0 saturated heterocycles. The molecule has 3 rings (SSSR count). The number of aromatic nitrogens is 1. The molecule has 1 aromatic heterocycles. The molecule has 7 nitrogen and oxygen atoms in total. The van der Waals surface area contributed by atoms with Gasteiger partial charge >= 0.3 is 5.97 Å². The number of aliphatic carboxylic acids is 1. The zero-order valence-corrected chi connectivity index (χ0v) is 14.8. The van der Waals surface area contributed by atoms with Crippen LogP contribution in [0.4, 0.5) is 0 Å². The molecule has 1 unspecified atom stereocenters. The maximum Gasteiger partial charge on any atom is 0.326 e. The summed E-state index contributed by atoms with van der Waals surface area (Å²) in [5.74, 6) is -1.71. The fourth-order valence-corrected chi connectivity index (χ4v) is 2.83. The van der Waals surface area contributed by atoms with Crippen molar-refractivity contribution in [2.75, 3.05) is 0 Å². The minimum atomic E-state index is -1.18. The number of hydrogen-bond acceptors (Lipinski definition) is 3. The molecule has 3 aromatic rings. The van der Waals surface area contributed by atoms with Gasteiger partial charge in [0.25, 0.3) is 5.91 Å². The quantitative estimate of drug-likeness (QED) is 0.614. The van der Waals surface area contributed by atoms with Crippen molar-refractivity contribution >= 4 is 34.4 Å². The van der Waals surface area contributed by atoms with Gasteiger partial charge in [-0.2, -0.15) is 0 Å². The molecule has 1 heterocycles. The van der Waals surface area contributed by atoms with E-state index >= 15 is 0 Å². The molecule has 140 valence electrons. The topological polar surface area (TPSA) is 131 Å². The van der Waals surface area contributed by atoms with Gasteiger partial charge in [0.05, 0.1) is 0 Å². The van der Waals surface area contributed by atoms with E-state index < -0.39 is 17.9 Å². The molecular formula is C19H17ClN2O5. The summed E-state index contributed by atoms with van der Waals surface area (Å²) in [4.78, 5) is 38.5. The number of carbonyl (C=O) groups is 2. The van der Waals surface area contributed by atoms with Gasteiger partial charge in [-0.15, -0.1) is 0 Å². The van der Waals surface area contributed by atoms with Gasteiger partial charge in [0, 0.05) is 34.0 Å². The van der Waals surface area contributed by atoms with Crippen molar-refractivity contribution in [3.8, 4) is 0 Å². The molecular weight excluding hydrogens is 372 g/mol. The average Bonchev–Trinajstić information content (AvgIpc) is 2.61. The Morgan fingerprint density at radius 2 is 1.78 bits per heavy atom. The number of H-pyrrole nitrogens is 1. The van der Waals surface area contributed by atoms with E-state index in [9.17, 15) is 19.5 Å². The maximum absolute atomic E-state index is 12.3. The van der Waals surface area contributed by atoms with Gasteiger partial charge in [-0.05, 0) is 35.9 Å². The molecule has 27 heavy (non-hydrogen) atoms. The average molecular weight is 389 g/mol. The molecule has 0 bridgehead atoms. The zero-order valence-electron chi connectivity index (χ0n) is 14.0. The third-order valence-corrected chi connectivity index (χ3v) is 4.22. The predicted molar refractivity (Wildman–Crippen MR) is 102 cm³/mol. The molecule has 5 N–H and O–H groups in total. The lowest BCUT2D eigenvalue weighted by Crippen LogP contribution is -2.42. The van der Waals surface area contributed by atoms with E-state index in [0.717, 1.165) is 5.39 Å². The van der Waals surface area contributed by atoms with Crippen LogP contribution in [0.1, 0.15) is 15.9 Å². The lowest BCUT2D eigenvalue weighted by Gasteiger charge is -2.16. The first-order chi connectivity index (χ1) is 12.4. The highest BCUT2D eigenvalue weighted by molar-refractivity contribution is 6.30. The molecule has 0 radical (unpaired) electrons. The highest BCUT2D eigenvalue weighted by Crippen LogP contribution is 2.17. The molecule has 0 aliphatic carbocycles. The van der Waals surface area contributed by atoms with Crippen LogP contribution >= 0.6 is 11.6 Å². The van der Waals surface area contributed by atoms with E-state index in [2.05, 4.69) is 10.3 Å². The number of rotatable bonds is 5. The highest BCUT2D eigenvalue weighted by Gasteiger charge is 2.22. The number of nitrogens with one attached hydrogen (secondary N) is 2. The largest absolute Gasteiger partial charge is 0.480 e. The number of hydrogen-bond donors (Lipinski definition) is 3. The van der Waals surface area contributed by atoms with Crippen molar-refractivity contribution in [3.63, 3.8) is 0 Å². The summed E-state index contributed by atoms with van der Waals surface area (Å²) in [5, 5.41) is 13.2. The van der Waals surface area contributed by atoms with Gasteiger partial charge in [0.1, 0.15) is 6.04 Å². The lowest BCUT2D eigenvalue weighted by molar-refractivity contribution is -0.139. The van der Waals surface area contributed by atoms with Gasteiger partial charge in [-0.1, -0.05) is 29.8 Å². The monoisotopic (exact) mass is 388 g/mol. The maximum atomic E-state index is 12.3. The van der Waals surface area contributed by atoms with Crippen molar-refractivity contribution in [1.29, 1.82) is 0 Å². The molecule has 0 spiro atoms. The summed E-state index contributed by atoms with van der Waals surface area (Å²) in [5.41, 5.74) is 1.14. The fourth-order valence-electron chi connectivity index (χ4n) is 2.71. The Hall–Kier alpha value is -3.16. The molecule has 1 amide bonds. The van der Waals surface area contributed by atoms with Crippen molar-refractivity contribution in [1.82, 2.24) is 10.3 Å². The summed E-state index contributed by atoms with van der Waals surface area (Å²) in [6.45, 7) is 0. The minimum Gasteiger partial charge on any atom is -0.480 e. The van der Waals surface area contributed by atoms with Crippen LogP contribution in [-0.4, -0.2) is 33.5 Å². The molecule has 0 saturated carbocycles. The standard InChI is InChI=1S/C19H15ClN2O4.H2O/c20-13-7-5-11(6-8-13)18(24)22-16(19(25)26)9-12-10-17(23)21-15-4-2-1-3-14(12)15;/h1-8,10,16H,9H2,(H,21,23)(H,22,24)(H,25,26);1H2. The van der Waals surface area contributed by atoms with Gasteiger partial charge in [-0.3, -0.25) is 9.59 Å².